The number of hydrogen-bond donors (Lipinski definition) is 0. The highest BCUT2D eigenvalue weighted by Gasteiger charge is 2.19. The molecular formula is C21H23N3O3S2. The zero-order valence-corrected chi connectivity index (χ0v) is 18.2. The molecule has 6 nitrogen and oxygen atoms in total. The SMILES string of the molecule is Cc1sc2nc(CN3CCOCC3)nc(Sc3ccc4c(c3)OCCO4)c2c1C. The number of morpholine rings is 1. The van der Waals surface area contributed by atoms with Crippen molar-refractivity contribution in [3.63, 3.8) is 0 Å². The monoisotopic (exact) mass is 429 g/mol. The summed E-state index contributed by atoms with van der Waals surface area (Å²) in [6.07, 6.45) is 0. The van der Waals surface area contributed by atoms with Crippen LogP contribution in [0.2, 0.25) is 0 Å². The van der Waals surface area contributed by atoms with Gasteiger partial charge in [0.25, 0.3) is 0 Å². The molecule has 0 unspecified atom stereocenters. The van der Waals surface area contributed by atoms with Crippen LogP contribution in [0.3, 0.4) is 0 Å². The molecule has 0 bridgehead atoms. The highest BCUT2D eigenvalue weighted by atomic mass is 32.2. The third-order valence-corrected chi connectivity index (χ3v) is 7.32. The largest absolute Gasteiger partial charge is 0.486 e. The number of rotatable bonds is 4. The molecule has 8 heteroatoms. The molecule has 1 saturated heterocycles. The van der Waals surface area contributed by atoms with Gasteiger partial charge in [-0.2, -0.15) is 0 Å². The van der Waals surface area contributed by atoms with Crippen molar-refractivity contribution in [2.24, 2.45) is 0 Å². The first-order valence-electron chi connectivity index (χ1n) is 9.81. The Bertz CT molecular complexity index is 1050. The summed E-state index contributed by atoms with van der Waals surface area (Å²) in [4.78, 5) is 15.7. The molecule has 2 aliphatic heterocycles. The lowest BCUT2D eigenvalue weighted by Crippen LogP contribution is -2.36. The van der Waals surface area contributed by atoms with Gasteiger partial charge in [-0.1, -0.05) is 11.8 Å². The van der Waals surface area contributed by atoms with E-state index in [-0.39, 0.29) is 0 Å². The van der Waals surface area contributed by atoms with Gasteiger partial charge in [-0.25, -0.2) is 9.97 Å². The molecule has 2 aliphatic rings. The zero-order valence-electron chi connectivity index (χ0n) is 16.6. The Morgan fingerprint density at radius 3 is 2.66 bits per heavy atom. The first kappa shape index (κ1) is 19.1. The number of fused-ring (bicyclic) bond motifs is 2. The van der Waals surface area contributed by atoms with Crippen molar-refractivity contribution in [1.29, 1.82) is 0 Å². The molecule has 1 fully saturated rings. The van der Waals surface area contributed by atoms with E-state index in [1.165, 1.54) is 10.4 Å². The van der Waals surface area contributed by atoms with Gasteiger partial charge in [-0.05, 0) is 37.6 Å². The molecule has 1 aromatic carbocycles. The molecule has 3 aromatic rings. The van der Waals surface area contributed by atoms with E-state index in [0.717, 1.165) is 70.3 Å². The normalized spacial score (nSPS) is 17.0. The van der Waals surface area contributed by atoms with Crippen LogP contribution in [-0.2, 0) is 11.3 Å². The molecule has 0 aliphatic carbocycles. The fourth-order valence-electron chi connectivity index (χ4n) is 3.56. The summed E-state index contributed by atoms with van der Waals surface area (Å²) in [5, 5.41) is 2.18. The Kier molecular flexibility index (Phi) is 5.34. The second-order valence-corrected chi connectivity index (χ2v) is 9.47. The third kappa shape index (κ3) is 3.94. The second kappa shape index (κ2) is 8.10. The maximum absolute atomic E-state index is 5.75. The number of benzene rings is 1. The Morgan fingerprint density at radius 1 is 1.03 bits per heavy atom. The van der Waals surface area contributed by atoms with Crippen LogP contribution in [0.1, 0.15) is 16.3 Å². The topological polar surface area (TPSA) is 56.7 Å². The summed E-state index contributed by atoms with van der Waals surface area (Å²) in [6, 6.07) is 6.10. The molecule has 0 amide bonds. The average molecular weight is 430 g/mol. The van der Waals surface area contributed by atoms with Gasteiger partial charge < -0.3 is 14.2 Å². The summed E-state index contributed by atoms with van der Waals surface area (Å²) < 4.78 is 16.9. The molecule has 5 rings (SSSR count). The summed E-state index contributed by atoms with van der Waals surface area (Å²) in [7, 11) is 0. The van der Waals surface area contributed by atoms with E-state index < -0.39 is 0 Å². The van der Waals surface area contributed by atoms with Gasteiger partial charge in [-0.3, -0.25) is 4.90 Å². The van der Waals surface area contributed by atoms with Crippen LogP contribution < -0.4 is 9.47 Å². The Labute approximate surface area is 178 Å². The predicted molar refractivity (Wildman–Crippen MR) is 115 cm³/mol. The van der Waals surface area contributed by atoms with E-state index in [0.29, 0.717) is 13.2 Å². The molecule has 29 heavy (non-hydrogen) atoms. The van der Waals surface area contributed by atoms with Crippen LogP contribution in [0.25, 0.3) is 10.2 Å². The molecular weight excluding hydrogens is 406 g/mol. The molecule has 0 N–H and O–H groups in total. The first-order valence-corrected chi connectivity index (χ1v) is 11.4. The fraction of sp³-hybridized carbons (Fsp3) is 0.429. The molecule has 152 valence electrons. The van der Waals surface area contributed by atoms with Crippen LogP contribution in [0.15, 0.2) is 28.1 Å². The van der Waals surface area contributed by atoms with Crippen molar-refractivity contribution in [2.75, 3.05) is 39.5 Å². The maximum Gasteiger partial charge on any atom is 0.162 e. The lowest BCUT2D eigenvalue weighted by Gasteiger charge is -2.25. The minimum absolute atomic E-state index is 0.589. The Balaban J connectivity index is 1.50. The summed E-state index contributed by atoms with van der Waals surface area (Å²) >= 11 is 3.42. The van der Waals surface area contributed by atoms with Crippen molar-refractivity contribution >= 4 is 33.3 Å². The van der Waals surface area contributed by atoms with E-state index in [4.69, 9.17) is 24.2 Å². The molecule has 2 aromatic heterocycles. The Morgan fingerprint density at radius 2 is 1.83 bits per heavy atom. The summed E-state index contributed by atoms with van der Waals surface area (Å²) in [5.41, 5.74) is 1.27. The van der Waals surface area contributed by atoms with Crippen LogP contribution in [0.4, 0.5) is 0 Å². The third-order valence-electron chi connectivity index (χ3n) is 5.24. The van der Waals surface area contributed by atoms with E-state index in [2.05, 4.69) is 24.8 Å². The quantitative estimate of drug-likeness (QED) is 0.580. The Hall–Kier alpha value is -1.87. The van der Waals surface area contributed by atoms with Crippen LogP contribution in [-0.4, -0.2) is 54.4 Å². The van der Waals surface area contributed by atoms with E-state index >= 15 is 0 Å². The van der Waals surface area contributed by atoms with Crippen LogP contribution >= 0.6 is 23.1 Å². The number of aromatic nitrogens is 2. The molecule has 0 spiro atoms. The van der Waals surface area contributed by atoms with Gasteiger partial charge in [0.2, 0.25) is 0 Å². The lowest BCUT2D eigenvalue weighted by atomic mass is 10.2. The van der Waals surface area contributed by atoms with Crippen LogP contribution in [0.5, 0.6) is 11.5 Å². The first-order chi connectivity index (χ1) is 14.2. The molecule has 0 atom stereocenters. The standard InChI is InChI=1S/C21H23N3O3S2/c1-13-14(2)28-20-19(13)21(23-18(22-20)12-24-5-7-25-8-6-24)29-15-3-4-16-17(11-15)27-10-9-26-16/h3-4,11H,5-10,12H2,1-2H3. The highest BCUT2D eigenvalue weighted by Crippen LogP contribution is 2.41. The van der Waals surface area contributed by atoms with Gasteiger partial charge in [-0.15, -0.1) is 11.3 Å². The van der Waals surface area contributed by atoms with Gasteiger partial charge in [0.15, 0.2) is 11.5 Å². The number of thiophene rings is 1. The van der Waals surface area contributed by atoms with Crippen LogP contribution in [0, 0.1) is 13.8 Å². The number of hydrogen-bond acceptors (Lipinski definition) is 8. The predicted octanol–water partition coefficient (Wildman–Crippen LogP) is 4.06. The van der Waals surface area contributed by atoms with E-state index in [1.54, 1.807) is 23.1 Å². The van der Waals surface area contributed by atoms with E-state index in [1.807, 2.05) is 12.1 Å². The number of aryl methyl sites for hydroxylation is 2. The van der Waals surface area contributed by atoms with Crippen molar-refractivity contribution in [2.45, 2.75) is 30.3 Å². The lowest BCUT2D eigenvalue weighted by molar-refractivity contribution is 0.0330. The number of ether oxygens (including phenoxy) is 3. The summed E-state index contributed by atoms with van der Waals surface area (Å²) in [6.45, 7) is 9.66. The molecule has 0 radical (unpaired) electrons. The fourth-order valence-corrected chi connectivity index (χ4v) is 5.70. The van der Waals surface area contributed by atoms with Gasteiger partial charge >= 0.3 is 0 Å². The molecule has 4 heterocycles. The van der Waals surface area contributed by atoms with Crippen molar-refractivity contribution in [3.05, 3.63) is 34.5 Å². The highest BCUT2D eigenvalue weighted by molar-refractivity contribution is 7.99. The minimum atomic E-state index is 0.589. The maximum atomic E-state index is 5.75. The van der Waals surface area contributed by atoms with Gasteiger partial charge in [0.1, 0.15) is 28.9 Å². The van der Waals surface area contributed by atoms with E-state index in [9.17, 15) is 0 Å². The zero-order chi connectivity index (χ0) is 19.8. The average Bonchev–Trinajstić information content (AvgIpc) is 3.02. The second-order valence-electron chi connectivity index (χ2n) is 7.20. The summed E-state index contributed by atoms with van der Waals surface area (Å²) in [5.74, 6) is 2.49. The smallest absolute Gasteiger partial charge is 0.162 e. The van der Waals surface area contributed by atoms with Crippen molar-refractivity contribution in [1.82, 2.24) is 14.9 Å². The number of nitrogens with zero attached hydrogens (tertiary/aromatic N) is 3. The van der Waals surface area contributed by atoms with Crippen molar-refractivity contribution < 1.29 is 14.2 Å². The van der Waals surface area contributed by atoms with Crippen molar-refractivity contribution in [3.8, 4) is 11.5 Å². The minimum Gasteiger partial charge on any atom is -0.486 e. The van der Waals surface area contributed by atoms with Gasteiger partial charge in [0, 0.05) is 28.2 Å². The molecule has 0 saturated carbocycles. The van der Waals surface area contributed by atoms with Gasteiger partial charge in [0.05, 0.1) is 19.8 Å².